The molecule has 0 bridgehead atoms. The lowest BCUT2D eigenvalue weighted by Crippen LogP contribution is -2.35. The van der Waals surface area contributed by atoms with Crippen molar-refractivity contribution >= 4 is 40.6 Å². The molecule has 3 aromatic carbocycles. The Kier molecular flexibility index (Phi) is 8.28. The van der Waals surface area contributed by atoms with E-state index in [-0.39, 0.29) is 24.1 Å². The summed E-state index contributed by atoms with van der Waals surface area (Å²) < 4.78 is 19.0. The molecule has 39 heavy (non-hydrogen) atoms. The molecule has 0 radical (unpaired) electrons. The van der Waals surface area contributed by atoms with Gasteiger partial charge in [0.1, 0.15) is 22.6 Å². The highest BCUT2D eigenvalue weighted by Gasteiger charge is 2.39. The van der Waals surface area contributed by atoms with Crippen molar-refractivity contribution in [3.63, 3.8) is 0 Å². The molecule has 1 saturated heterocycles. The van der Waals surface area contributed by atoms with E-state index in [0.29, 0.717) is 35.3 Å². The van der Waals surface area contributed by atoms with Crippen molar-refractivity contribution in [2.45, 2.75) is 18.1 Å². The molecule has 1 aromatic heterocycles. The van der Waals surface area contributed by atoms with Crippen LogP contribution in [-0.2, 0) is 16.0 Å². The quantitative estimate of drug-likeness (QED) is 0.209. The molecule has 1 atom stereocenters. The number of amidine groups is 1. The van der Waals surface area contributed by atoms with Crippen LogP contribution in [0.5, 0.6) is 0 Å². The molecule has 1 N–H and O–H groups in total. The van der Waals surface area contributed by atoms with Crippen LogP contribution in [0.3, 0.4) is 0 Å². The maximum atomic E-state index is 13.3. The van der Waals surface area contributed by atoms with Crippen LogP contribution in [0.4, 0.5) is 10.1 Å². The van der Waals surface area contributed by atoms with Crippen molar-refractivity contribution < 1.29 is 18.4 Å². The van der Waals surface area contributed by atoms with Crippen molar-refractivity contribution in [2.75, 3.05) is 11.9 Å². The van der Waals surface area contributed by atoms with Crippen LogP contribution < -0.4 is 5.32 Å². The largest absolute Gasteiger partial charge is 0.455 e. The first kappa shape index (κ1) is 26.1. The van der Waals surface area contributed by atoms with Gasteiger partial charge in [-0.25, -0.2) is 4.39 Å². The highest BCUT2D eigenvalue weighted by molar-refractivity contribution is 8.15. The van der Waals surface area contributed by atoms with Gasteiger partial charge in [-0.1, -0.05) is 60.3 Å². The predicted molar refractivity (Wildman–Crippen MR) is 152 cm³/mol. The number of nitrogens with one attached hydrogen (secondary N) is 1. The molecule has 7 nitrogen and oxygen atoms in total. The van der Waals surface area contributed by atoms with Gasteiger partial charge in [0.15, 0.2) is 5.17 Å². The average molecular weight is 541 g/mol. The third-order valence-corrected chi connectivity index (χ3v) is 7.16. The van der Waals surface area contributed by atoms with Crippen molar-refractivity contribution in [1.29, 1.82) is 0 Å². The van der Waals surface area contributed by atoms with Crippen LogP contribution in [0, 0.1) is 5.82 Å². The Labute approximate surface area is 229 Å². The highest BCUT2D eigenvalue weighted by atomic mass is 32.2. The van der Waals surface area contributed by atoms with Crippen LogP contribution >= 0.6 is 11.8 Å². The van der Waals surface area contributed by atoms with Gasteiger partial charge in [0.2, 0.25) is 11.8 Å². The fraction of sp³-hybridized carbons (Fsp3) is 0.133. The van der Waals surface area contributed by atoms with Gasteiger partial charge in [0, 0.05) is 24.2 Å². The van der Waals surface area contributed by atoms with E-state index < -0.39 is 5.25 Å². The highest BCUT2D eigenvalue weighted by Crippen LogP contribution is 2.30. The zero-order chi connectivity index (χ0) is 27.0. The number of rotatable bonds is 9. The Balaban J connectivity index is 1.29. The minimum absolute atomic E-state index is 0.0161. The summed E-state index contributed by atoms with van der Waals surface area (Å²) in [6, 6.07) is 28.5. The standard InChI is InChI=1S/C30H25FN4O3S/c31-23-13-11-22(12-14-23)26-16-15-25(38-26)20-32-34-30-35(18-17-21-7-3-1-4-8-21)29(37)27(39-30)19-28(36)33-24-9-5-2-6-10-24/h1-16,20,27H,17-19H2,(H,33,36)/b32-20+,34-30-. The van der Waals surface area contributed by atoms with Gasteiger partial charge < -0.3 is 9.73 Å². The van der Waals surface area contributed by atoms with Gasteiger partial charge in [-0.05, 0) is 60.5 Å². The maximum absolute atomic E-state index is 13.3. The molecule has 196 valence electrons. The summed E-state index contributed by atoms with van der Waals surface area (Å²) in [5.41, 5.74) is 2.51. The second-order valence-corrected chi connectivity index (χ2v) is 9.96. The van der Waals surface area contributed by atoms with Crippen LogP contribution in [0.1, 0.15) is 17.7 Å². The fourth-order valence-corrected chi connectivity index (χ4v) is 5.16. The van der Waals surface area contributed by atoms with Crippen molar-refractivity contribution in [1.82, 2.24) is 4.90 Å². The topological polar surface area (TPSA) is 87.3 Å². The third kappa shape index (κ3) is 6.88. The Hall–Kier alpha value is -4.50. The summed E-state index contributed by atoms with van der Waals surface area (Å²) in [5, 5.41) is 11.1. The normalized spacial score (nSPS) is 16.3. The van der Waals surface area contributed by atoms with E-state index in [1.807, 2.05) is 48.5 Å². The Morgan fingerprint density at radius 2 is 1.69 bits per heavy atom. The molecule has 1 fully saturated rings. The lowest BCUT2D eigenvalue weighted by atomic mass is 10.1. The summed E-state index contributed by atoms with van der Waals surface area (Å²) >= 11 is 1.23. The first-order valence-corrected chi connectivity index (χ1v) is 13.3. The summed E-state index contributed by atoms with van der Waals surface area (Å²) in [4.78, 5) is 27.5. The number of para-hydroxylation sites is 1. The average Bonchev–Trinajstić information content (AvgIpc) is 3.53. The minimum atomic E-state index is -0.605. The fourth-order valence-electron chi connectivity index (χ4n) is 4.04. The smallest absolute Gasteiger partial charge is 0.242 e. The lowest BCUT2D eigenvalue weighted by Gasteiger charge is -2.15. The molecule has 9 heteroatoms. The van der Waals surface area contributed by atoms with Crippen LogP contribution in [0.25, 0.3) is 11.3 Å². The van der Waals surface area contributed by atoms with E-state index in [4.69, 9.17) is 4.42 Å². The Bertz CT molecular complexity index is 1490. The Morgan fingerprint density at radius 3 is 2.44 bits per heavy atom. The number of amides is 2. The number of furan rings is 1. The molecule has 0 saturated carbocycles. The zero-order valence-corrected chi connectivity index (χ0v) is 21.7. The van der Waals surface area contributed by atoms with Gasteiger partial charge in [-0.3, -0.25) is 14.5 Å². The molecular weight excluding hydrogens is 515 g/mol. The summed E-state index contributed by atoms with van der Waals surface area (Å²) in [6.07, 6.45) is 2.11. The summed E-state index contributed by atoms with van der Waals surface area (Å²) in [6.45, 7) is 0.413. The molecule has 5 rings (SSSR count). The minimum Gasteiger partial charge on any atom is -0.455 e. The maximum Gasteiger partial charge on any atom is 0.242 e. The lowest BCUT2D eigenvalue weighted by molar-refractivity contribution is -0.128. The first-order valence-electron chi connectivity index (χ1n) is 12.4. The number of anilines is 1. The van der Waals surface area contributed by atoms with E-state index >= 15 is 0 Å². The number of hydrogen-bond donors (Lipinski definition) is 1. The summed E-state index contributed by atoms with van der Waals surface area (Å²) in [5.74, 6) is 0.290. The summed E-state index contributed by atoms with van der Waals surface area (Å²) in [7, 11) is 0. The van der Waals surface area contributed by atoms with Crippen molar-refractivity contribution in [3.05, 3.63) is 114 Å². The zero-order valence-electron chi connectivity index (χ0n) is 20.9. The molecule has 1 unspecified atom stereocenters. The van der Waals surface area contributed by atoms with Gasteiger partial charge in [-0.2, -0.15) is 5.10 Å². The number of hydrogen-bond acceptors (Lipinski definition) is 6. The van der Waals surface area contributed by atoms with E-state index in [1.54, 1.807) is 41.3 Å². The molecular formula is C30H25FN4O3S. The molecule has 2 amide bonds. The van der Waals surface area contributed by atoms with Gasteiger partial charge in [0.05, 0.1) is 6.21 Å². The number of halogens is 1. The van der Waals surface area contributed by atoms with E-state index in [9.17, 15) is 14.0 Å². The predicted octanol–water partition coefficient (Wildman–Crippen LogP) is 5.99. The van der Waals surface area contributed by atoms with Crippen LogP contribution in [0.15, 0.2) is 112 Å². The van der Waals surface area contributed by atoms with Crippen molar-refractivity contribution in [2.24, 2.45) is 10.2 Å². The number of carbonyl (C=O) groups excluding carboxylic acids is 2. The monoisotopic (exact) mass is 540 g/mol. The van der Waals surface area contributed by atoms with Crippen LogP contribution in [-0.4, -0.2) is 39.9 Å². The first-order chi connectivity index (χ1) is 19.0. The van der Waals surface area contributed by atoms with E-state index in [1.165, 1.54) is 30.1 Å². The Morgan fingerprint density at radius 1 is 0.974 bits per heavy atom. The number of thioether (sulfide) groups is 1. The van der Waals surface area contributed by atoms with Crippen molar-refractivity contribution in [3.8, 4) is 11.3 Å². The van der Waals surface area contributed by atoms with E-state index in [2.05, 4.69) is 15.5 Å². The van der Waals surface area contributed by atoms with Gasteiger partial charge >= 0.3 is 0 Å². The molecule has 2 heterocycles. The third-order valence-electron chi connectivity index (χ3n) is 6.00. The molecule has 0 aliphatic carbocycles. The van der Waals surface area contributed by atoms with Gasteiger partial charge in [-0.15, -0.1) is 5.10 Å². The molecule has 0 spiro atoms. The van der Waals surface area contributed by atoms with Crippen LogP contribution in [0.2, 0.25) is 0 Å². The number of carbonyl (C=O) groups is 2. The number of benzene rings is 3. The molecule has 4 aromatic rings. The number of nitrogens with zero attached hydrogens (tertiary/aromatic N) is 3. The SMILES string of the molecule is O=C(CC1S/C(=N\N=C\c2ccc(-c3ccc(F)cc3)o2)N(CCc2ccccc2)C1=O)Nc1ccccc1. The van der Waals surface area contributed by atoms with Gasteiger partial charge in [0.25, 0.3) is 0 Å². The second kappa shape index (κ2) is 12.4. The molecule has 1 aliphatic heterocycles. The van der Waals surface area contributed by atoms with E-state index in [0.717, 1.165) is 11.1 Å². The molecule has 1 aliphatic rings. The second-order valence-electron chi connectivity index (χ2n) is 8.79.